The second kappa shape index (κ2) is 9.02. The topological polar surface area (TPSA) is 64.6 Å². The monoisotopic (exact) mass is 387 g/mol. The number of rotatable bonds is 7. The fourth-order valence-electron chi connectivity index (χ4n) is 3.16. The van der Waals surface area contributed by atoms with Gasteiger partial charge in [-0.2, -0.15) is 0 Å². The third kappa shape index (κ3) is 4.67. The van der Waals surface area contributed by atoms with E-state index in [1.807, 2.05) is 42.5 Å². The predicted octanol–water partition coefficient (Wildman–Crippen LogP) is 3.94. The average Bonchev–Trinajstić information content (AvgIpc) is 2.67. The Labute approximate surface area is 163 Å². The van der Waals surface area contributed by atoms with Crippen LogP contribution in [0.25, 0.3) is 11.1 Å². The Hall–Kier alpha value is -2.37. The molecule has 5 nitrogen and oxygen atoms in total. The molecule has 0 saturated carbocycles. The van der Waals surface area contributed by atoms with Crippen molar-refractivity contribution in [1.29, 1.82) is 0 Å². The van der Waals surface area contributed by atoms with Gasteiger partial charge in [0.2, 0.25) is 11.8 Å². The van der Waals surface area contributed by atoms with Crippen LogP contribution in [0.5, 0.6) is 5.75 Å². The van der Waals surface area contributed by atoms with Gasteiger partial charge in [-0.25, -0.2) is 0 Å². The number of methoxy groups -OCH3 is 1. The van der Waals surface area contributed by atoms with E-state index in [0.29, 0.717) is 31.1 Å². The van der Waals surface area contributed by atoms with Gasteiger partial charge in [-0.05, 0) is 29.7 Å². The summed E-state index contributed by atoms with van der Waals surface area (Å²) in [7, 11) is 1.67. The molecule has 0 aliphatic carbocycles. The lowest BCUT2D eigenvalue weighted by atomic mass is 9.88. The third-order valence-corrected chi connectivity index (χ3v) is 4.99. The van der Waals surface area contributed by atoms with E-state index >= 15 is 0 Å². The summed E-state index contributed by atoms with van der Waals surface area (Å²) in [5, 5.41) is 2.93. The molecule has 27 heavy (non-hydrogen) atoms. The average molecular weight is 388 g/mol. The van der Waals surface area contributed by atoms with Crippen molar-refractivity contribution >= 4 is 23.4 Å². The molecule has 2 aromatic rings. The van der Waals surface area contributed by atoms with Gasteiger partial charge in [0.1, 0.15) is 5.75 Å². The Bertz CT molecular complexity index is 819. The molecule has 3 rings (SSSR count). The molecule has 142 valence electrons. The van der Waals surface area contributed by atoms with E-state index in [-0.39, 0.29) is 11.8 Å². The first-order chi connectivity index (χ1) is 13.1. The van der Waals surface area contributed by atoms with Crippen molar-refractivity contribution in [1.82, 2.24) is 5.32 Å². The van der Waals surface area contributed by atoms with E-state index in [0.717, 1.165) is 28.9 Å². The number of halogens is 1. The zero-order valence-electron chi connectivity index (χ0n) is 15.2. The van der Waals surface area contributed by atoms with E-state index in [4.69, 9.17) is 21.1 Å². The van der Waals surface area contributed by atoms with Crippen LogP contribution in [0.3, 0.4) is 0 Å². The highest BCUT2D eigenvalue weighted by atomic mass is 35.5. The van der Waals surface area contributed by atoms with Crippen LogP contribution in [0.1, 0.15) is 30.7 Å². The molecular weight excluding hydrogens is 366 g/mol. The molecule has 1 fully saturated rings. The maximum absolute atomic E-state index is 12.2. The lowest BCUT2D eigenvalue weighted by molar-refractivity contribution is -0.134. The lowest BCUT2D eigenvalue weighted by Gasteiger charge is -2.23. The minimum Gasteiger partial charge on any atom is -0.494 e. The van der Waals surface area contributed by atoms with Crippen molar-refractivity contribution in [2.75, 3.05) is 20.3 Å². The summed E-state index contributed by atoms with van der Waals surface area (Å²) >= 11 is 6.63. The van der Waals surface area contributed by atoms with E-state index in [1.54, 1.807) is 7.11 Å². The fourth-order valence-corrected chi connectivity index (χ4v) is 3.52. The predicted molar refractivity (Wildman–Crippen MR) is 104 cm³/mol. The van der Waals surface area contributed by atoms with Crippen LogP contribution in [0.15, 0.2) is 42.5 Å². The Morgan fingerprint density at radius 2 is 1.89 bits per heavy atom. The lowest BCUT2D eigenvalue weighted by Crippen LogP contribution is -2.39. The number of carbonyl (C=O) groups is 2. The molecule has 1 saturated heterocycles. The normalized spacial score (nSPS) is 16.9. The van der Waals surface area contributed by atoms with Gasteiger partial charge in [0, 0.05) is 32.1 Å². The SMILES string of the molecule is COCCCOc1ccc(-c2cccc(C3CCC(=O)NC3=O)c2Cl)cc1. The van der Waals surface area contributed by atoms with Crippen molar-refractivity contribution in [2.24, 2.45) is 0 Å². The maximum Gasteiger partial charge on any atom is 0.234 e. The van der Waals surface area contributed by atoms with Crippen LogP contribution >= 0.6 is 11.6 Å². The molecule has 1 unspecified atom stereocenters. The standard InChI is InChI=1S/C21H22ClNO4/c1-26-12-3-13-27-15-8-6-14(7-9-15)16-4-2-5-17(20(16)22)18-10-11-19(24)23-21(18)25/h2,4-9,18H,3,10-13H2,1H3,(H,23,24,25). The minimum atomic E-state index is -0.404. The first-order valence-electron chi connectivity index (χ1n) is 8.94. The number of hydrogen-bond acceptors (Lipinski definition) is 4. The van der Waals surface area contributed by atoms with Gasteiger partial charge in [-0.1, -0.05) is 41.9 Å². The fraction of sp³-hybridized carbons (Fsp3) is 0.333. The van der Waals surface area contributed by atoms with Crippen LogP contribution in [0.2, 0.25) is 5.02 Å². The largest absolute Gasteiger partial charge is 0.494 e. The molecule has 1 N–H and O–H groups in total. The third-order valence-electron chi connectivity index (χ3n) is 4.57. The van der Waals surface area contributed by atoms with Crippen LogP contribution in [0, 0.1) is 0 Å². The van der Waals surface area contributed by atoms with E-state index < -0.39 is 5.92 Å². The minimum absolute atomic E-state index is 0.232. The van der Waals surface area contributed by atoms with Crippen molar-refractivity contribution in [3.63, 3.8) is 0 Å². The zero-order chi connectivity index (χ0) is 19.2. The van der Waals surface area contributed by atoms with Crippen molar-refractivity contribution < 1.29 is 19.1 Å². The van der Waals surface area contributed by atoms with Crippen LogP contribution < -0.4 is 10.1 Å². The second-order valence-corrected chi connectivity index (χ2v) is 6.81. The molecule has 1 heterocycles. The van der Waals surface area contributed by atoms with Gasteiger partial charge in [-0.3, -0.25) is 14.9 Å². The number of benzene rings is 2. The molecule has 1 aliphatic rings. The van der Waals surface area contributed by atoms with Gasteiger partial charge < -0.3 is 9.47 Å². The summed E-state index contributed by atoms with van der Waals surface area (Å²) in [5.41, 5.74) is 2.54. The molecule has 0 bridgehead atoms. The number of amides is 2. The number of hydrogen-bond donors (Lipinski definition) is 1. The first-order valence-corrected chi connectivity index (χ1v) is 9.32. The quantitative estimate of drug-likeness (QED) is 0.577. The zero-order valence-corrected chi connectivity index (χ0v) is 15.9. The number of nitrogens with one attached hydrogen (secondary N) is 1. The Kier molecular flexibility index (Phi) is 6.48. The highest BCUT2D eigenvalue weighted by molar-refractivity contribution is 6.34. The van der Waals surface area contributed by atoms with E-state index in [9.17, 15) is 9.59 Å². The molecule has 0 spiro atoms. The number of piperidine rings is 1. The first kappa shape index (κ1) is 19.4. The van der Waals surface area contributed by atoms with Gasteiger partial charge in [-0.15, -0.1) is 0 Å². The molecule has 2 aromatic carbocycles. The van der Waals surface area contributed by atoms with Crippen molar-refractivity contribution in [2.45, 2.75) is 25.2 Å². The van der Waals surface area contributed by atoms with Gasteiger partial charge in [0.15, 0.2) is 0 Å². The Balaban J connectivity index is 1.77. The highest BCUT2D eigenvalue weighted by Crippen LogP contribution is 2.37. The summed E-state index contributed by atoms with van der Waals surface area (Å²) in [5.74, 6) is -0.138. The Morgan fingerprint density at radius 1 is 1.11 bits per heavy atom. The van der Waals surface area contributed by atoms with Crippen LogP contribution in [-0.4, -0.2) is 32.1 Å². The summed E-state index contributed by atoms with van der Waals surface area (Å²) < 4.78 is 10.7. The van der Waals surface area contributed by atoms with Crippen LogP contribution in [0.4, 0.5) is 0 Å². The number of imide groups is 1. The molecule has 6 heteroatoms. The van der Waals surface area contributed by atoms with E-state index in [2.05, 4.69) is 5.32 Å². The molecule has 1 atom stereocenters. The second-order valence-electron chi connectivity index (χ2n) is 6.43. The maximum atomic E-state index is 12.2. The molecular formula is C21H22ClNO4. The summed E-state index contributed by atoms with van der Waals surface area (Å²) in [4.78, 5) is 23.6. The Morgan fingerprint density at radius 3 is 2.59 bits per heavy atom. The van der Waals surface area contributed by atoms with Gasteiger partial charge >= 0.3 is 0 Å². The number of ether oxygens (including phenoxy) is 2. The molecule has 2 amide bonds. The van der Waals surface area contributed by atoms with Crippen molar-refractivity contribution in [3.05, 3.63) is 53.1 Å². The van der Waals surface area contributed by atoms with Gasteiger partial charge in [0.05, 0.1) is 17.5 Å². The highest BCUT2D eigenvalue weighted by Gasteiger charge is 2.30. The summed E-state index contributed by atoms with van der Waals surface area (Å²) in [6, 6.07) is 13.3. The summed E-state index contributed by atoms with van der Waals surface area (Å²) in [6.07, 6.45) is 1.63. The van der Waals surface area contributed by atoms with Crippen LogP contribution in [-0.2, 0) is 14.3 Å². The van der Waals surface area contributed by atoms with Crippen molar-refractivity contribution in [3.8, 4) is 16.9 Å². The molecule has 0 radical (unpaired) electrons. The smallest absolute Gasteiger partial charge is 0.234 e. The summed E-state index contributed by atoms with van der Waals surface area (Å²) in [6.45, 7) is 1.26. The van der Waals surface area contributed by atoms with Gasteiger partial charge in [0.25, 0.3) is 0 Å². The number of carbonyl (C=O) groups excluding carboxylic acids is 2. The molecule has 0 aromatic heterocycles. The molecule has 1 aliphatic heterocycles. The van der Waals surface area contributed by atoms with E-state index in [1.165, 1.54) is 0 Å².